The highest BCUT2D eigenvalue weighted by Gasteiger charge is 2.27. The zero-order valence-electron chi connectivity index (χ0n) is 14.7. The third-order valence-corrected chi connectivity index (χ3v) is 4.52. The average Bonchev–Trinajstić information content (AvgIpc) is 2.64. The molecule has 1 aliphatic rings. The molecule has 0 aliphatic heterocycles. The normalized spacial score (nSPS) is 19.6. The SMILES string of the molecule is CC#CC1CCC(C(=O)Oc2ccc(-c3ncc(C)cn3)cc2)CC1. The van der Waals surface area contributed by atoms with Crippen LogP contribution in [0.2, 0.25) is 0 Å². The lowest BCUT2D eigenvalue weighted by atomic mass is 9.82. The van der Waals surface area contributed by atoms with Crippen molar-refractivity contribution in [3.8, 4) is 29.0 Å². The van der Waals surface area contributed by atoms with Gasteiger partial charge in [0.2, 0.25) is 0 Å². The lowest BCUT2D eigenvalue weighted by Crippen LogP contribution is -2.25. The van der Waals surface area contributed by atoms with Crippen LogP contribution in [-0.4, -0.2) is 15.9 Å². The number of benzene rings is 1. The summed E-state index contributed by atoms with van der Waals surface area (Å²) in [7, 11) is 0. The summed E-state index contributed by atoms with van der Waals surface area (Å²) >= 11 is 0. The Morgan fingerprint density at radius 2 is 1.72 bits per heavy atom. The Labute approximate surface area is 148 Å². The summed E-state index contributed by atoms with van der Waals surface area (Å²) in [6.07, 6.45) is 7.24. The van der Waals surface area contributed by atoms with Gasteiger partial charge >= 0.3 is 5.97 Å². The summed E-state index contributed by atoms with van der Waals surface area (Å²) in [6, 6.07) is 7.34. The summed E-state index contributed by atoms with van der Waals surface area (Å²) in [5.41, 5.74) is 1.92. The van der Waals surface area contributed by atoms with Gasteiger partial charge in [-0.2, -0.15) is 0 Å². The Hall–Kier alpha value is -2.67. The molecule has 1 aliphatic carbocycles. The fraction of sp³-hybridized carbons (Fsp3) is 0.381. The van der Waals surface area contributed by atoms with Crippen LogP contribution in [0.15, 0.2) is 36.7 Å². The van der Waals surface area contributed by atoms with Gasteiger partial charge < -0.3 is 4.74 Å². The maximum Gasteiger partial charge on any atom is 0.314 e. The monoisotopic (exact) mass is 334 g/mol. The van der Waals surface area contributed by atoms with Gasteiger partial charge in [0.25, 0.3) is 0 Å². The molecule has 2 aromatic rings. The molecule has 4 heteroatoms. The molecule has 1 fully saturated rings. The second-order valence-corrected chi connectivity index (χ2v) is 6.47. The minimum Gasteiger partial charge on any atom is -0.426 e. The molecule has 0 spiro atoms. The lowest BCUT2D eigenvalue weighted by Gasteiger charge is -2.24. The van der Waals surface area contributed by atoms with E-state index >= 15 is 0 Å². The Kier molecular flexibility index (Phi) is 5.45. The number of nitrogens with zero attached hydrogens (tertiary/aromatic N) is 2. The largest absolute Gasteiger partial charge is 0.426 e. The summed E-state index contributed by atoms with van der Waals surface area (Å²) in [4.78, 5) is 21.0. The maximum atomic E-state index is 12.3. The van der Waals surface area contributed by atoms with Crippen molar-refractivity contribution in [1.82, 2.24) is 9.97 Å². The van der Waals surface area contributed by atoms with Crippen molar-refractivity contribution in [2.24, 2.45) is 11.8 Å². The van der Waals surface area contributed by atoms with E-state index in [-0.39, 0.29) is 11.9 Å². The van der Waals surface area contributed by atoms with Crippen molar-refractivity contribution in [3.63, 3.8) is 0 Å². The molecule has 3 rings (SSSR count). The molecule has 0 unspecified atom stereocenters. The van der Waals surface area contributed by atoms with Crippen LogP contribution in [0, 0.1) is 30.6 Å². The Bertz CT molecular complexity index is 777. The topological polar surface area (TPSA) is 52.1 Å². The van der Waals surface area contributed by atoms with Crippen LogP contribution in [0.25, 0.3) is 11.4 Å². The number of esters is 1. The van der Waals surface area contributed by atoms with Gasteiger partial charge in [-0.1, -0.05) is 0 Å². The molecule has 4 nitrogen and oxygen atoms in total. The zero-order valence-corrected chi connectivity index (χ0v) is 14.7. The van der Waals surface area contributed by atoms with Gasteiger partial charge in [0.05, 0.1) is 5.92 Å². The van der Waals surface area contributed by atoms with Crippen molar-refractivity contribution in [1.29, 1.82) is 0 Å². The highest BCUT2D eigenvalue weighted by molar-refractivity contribution is 5.75. The van der Waals surface area contributed by atoms with E-state index in [1.807, 2.05) is 26.0 Å². The lowest BCUT2D eigenvalue weighted by molar-refractivity contribution is -0.140. The highest BCUT2D eigenvalue weighted by Crippen LogP contribution is 2.30. The molecule has 0 saturated heterocycles. The average molecular weight is 334 g/mol. The first-order chi connectivity index (χ1) is 12.2. The molecule has 1 heterocycles. The van der Waals surface area contributed by atoms with E-state index in [1.165, 1.54) is 0 Å². The van der Waals surface area contributed by atoms with Crippen molar-refractivity contribution >= 4 is 5.97 Å². The fourth-order valence-electron chi connectivity index (χ4n) is 3.09. The predicted octanol–water partition coefficient (Wildman–Crippen LogP) is 4.19. The molecule has 0 atom stereocenters. The van der Waals surface area contributed by atoms with Crippen LogP contribution < -0.4 is 4.74 Å². The Morgan fingerprint density at radius 1 is 1.08 bits per heavy atom. The third kappa shape index (κ3) is 4.45. The summed E-state index contributed by atoms with van der Waals surface area (Å²) < 4.78 is 5.54. The molecule has 0 amide bonds. The minimum absolute atomic E-state index is 0.0185. The number of carbonyl (C=O) groups excluding carboxylic acids is 1. The van der Waals surface area contributed by atoms with Gasteiger partial charge in [-0.3, -0.25) is 4.79 Å². The second kappa shape index (κ2) is 7.94. The molecule has 0 bridgehead atoms. The van der Waals surface area contributed by atoms with E-state index in [2.05, 4.69) is 21.8 Å². The van der Waals surface area contributed by atoms with Crippen molar-refractivity contribution in [3.05, 3.63) is 42.2 Å². The van der Waals surface area contributed by atoms with E-state index in [0.717, 1.165) is 36.8 Å². The number of aryl methyl sites for hydroxylation is 1. The first-order valence-electron chi connectivity index (χ1n) is 8.69. The first-order valence-corrected chi connectivity index (χ1v) is 8.69. The molecule has 0 radical (unpaired) electrons. The summed E-state index contributed by atoms with van der Waals surface area (Å²) in [5, 5.41) is 0. The zero-order chi connectivity index (χ0) is 17.6. The molecular weight excluding hydrogens is 312 g/mol. The van der Waals surface area contributed by atoms with Gasteiger partial charge in [-0.15, -0.1) is 11.8 Å². The van der Waals surface area contributed by atoms with Crippen molar-refractivity contribution in [2.75, 3.05) is 0 Å². The van der Waals surface area contributed by atoms with Crippen LogP contribution in [0.4, 0.5) is 0 Å². The fourth-order valence-corrected chi connectivity index (χ4v) is 3.09. The molecule has 128 valence electrons. The molecule has 1 saturated carbocycles. The third-order valence-electron chi connectivity index (χ3n) is 4.52. The quantitative estimate of drug-likeness (QED) is 0.480. The van der Waals surface area contributed by atoms with Crippen LogP contribution in [0.1, 0.15) is 38.2 Å². The van der Waals surface area contributed by atoms with E-state index in [0.29, 0.717) is 17.5 Å². The van der Waals surface area contributed by atoms with Crippen molar-refractivity contribution in [2.45, 2.75) is 39.5 Å². The number of hydrogen-bond acceptors (Lipinski definition) is 4. The predicted molar refractivity (Wildman–Crippen MR) is 96.7 cm³/mol. The molecule has 0 N–H and O–H groups in total. The summed E-state index contributed by atoms with van der Waals surface area (Å²) in [6.45, 7) is 3.82. The Morgan fingerprint density at radius 3 is 2.32 bits per heavy atom. The first kappa shape index (κ1) is 17.2. The number of aromatic nitrogens is 2. The van der Waals surface area contributed by atoms with E-state index in [1.54, 1.807) is 24.5 Å². The van der Waals surface area contributed by atoms with Gasteiger partial charge in [-0.25, -0.2) is 9.97 Å². The van der Waals surface area contributed by atoms with Crippen LogP contribution in [-0.2, 0) is 4.79 Å². The molecular formula is C21H22N2O2. The van der Waals surface area contributed by atoms with Gasteiger partial charge in [0, 0.05) is 23.9 Å². The number of carbonyl (C=O) groups is 1. The van der Waals surface area contributed by atoms with Gasteiger partial charge in [-0.05, 0) is 69.4 Å². The summed E-state index contributed by atoms with van der Waals surface area (Å²) in [5.74, 6) is 7.68. The molecule has 1 aromatic heterocycles. The number of rotatable bonds is 3. The standard InChI is InChI=1S/C21H22N2O2/c1-3-4-16-5-7-18(8-6-16)21(24)25-19-11-9-17(10-12-19)20-22-13-15(2)14-23-20/h9-14,16,18H,5-8H2,1-2H3. The number of ether oxygens (including phenoxy) is 1. The van der Waals surface area contributed by atoms with E-state index < -0.39 is 0 Å². The van der Waals surface area contributed by atoms with E-state index in [9.17, 15) is 4.79 Å². The molecule has 25 heavy (non-hydrogen) atoms. The minimum atomic E-state index is -0.137. The molecule has 1 aromatic carbocycles. The smallest absolute Gasteiger partial charge is 0.314 e. The second-order valence-electron chi connectivity index (χ2n) is 6.47. The highest BCUT2D eigenvalue weighted by atomic mass is 16.5. The van der Waals surface area contributed by atoms with E-state index in [4.69, 9.17) is 4.74 Å². The number of hydrogen-bond donors (Lipinski definition) is 0. The van der Waals surface area contributed by atoms with Gasteiger partial charge in [0.1, 0.15) is 5.75 Å². The van der Waals surface area contributed by atoms with Crippen LogP contribution >= 0.6 is 0 Å². The van der Waals surface area contributed by atoms with Gasteiger partial charge in [0.15, 0.2) is 5.82 Å². The van der Waals surface area contributed by atoms with Crippen LogP contribution in [0.5, 0.6) is 5.75 Å². The maximum absolute atomic E-state index is 12.3. The van der Waals surface area contributed by atoms with Crippen molar-refractivity contribution < 1.29 is 9.53 Å². The Balaban J connectivity index is 1.58. The van der Waals surface area contributed by atoms with Crippen LogP contribution in [0.3, 0.4) is 0 Å².